The SMILES string of the molecule is CCOc1ccccc1OCCCC(=O)NCc1ccc(C(=O)O)cc1. The molecule has 1 amide bonds. The fourth-order valence-corrected chi connectivity index (χ4v) is 2.31. The van der Waals surface area contributed by atoms with Crippen molar-refractivity contribution >= 4 is 11.9 Å². The van der Waals surface area contributed by atoms with Crippen molar-refractivity contribution in [3.63, 3.8) is 0 Å². The average Bonchev–Trinajstić information content (AvgIpc) is 2.65. The van der Waals surface area contributed by atoms with Gasteiger partial charge in [0.05, 0.1) is 18.8 Å². The second-order valence-electron chi connectivity index (χ2n) is 5.61. The van der Waals surface area contributed by atoms with Gasteiger partial charge in [0.15, 0.2) is 11.5 Å². The lowest BCUT2D eigenvalue weighted by Gasteiger charge is -2.11. The number of ether oxygens (including phenoxy) is 2. The summed E-state index contributed by atoms with van der Waals surface area (Å²) in [6, 6.07) is 13.9. The van der Waals surface area contributed by atoms with E-state index in [-0.39, 0.29) is 11.5 Å². The quantitative estimate of drug-likeness (QED) is 0.638. The molecule has 0 heterocycles. The smallest absolute Gasteiger partial charge is 0.335 e. The van der Waals surface area contributed by atoms with Crippen molar-refractivity contribution in [3.05, 3.63) is 59.7 Å². The fraction of sp³-hybridized carbons (Fsp3) is 0.300. The monoisotopic (exact) mass is 357 g/mol. The molecule has 0 saturated heterocycles. The van der Waals surface area contributed by atoms with Gasteiger partial charge in [-0.15, -0.1) is 0 Å². The molecule has 0 fully saturated rings. The molecule has 0 radical (unpaired) electrons. The number of hydrogen-bond acceptors (Lipinski definition) is 4. The van der Waals surface area contributed by atoms with E-state index in [2.05, 4.69) is 5.32 Å². The zero-order valence-electron chi connectivity index (χ0n) is 14.7. The molecule has 2 aromatic rings. The zero-order valence-corrected chi connectivity index (χ0v) is 14.7. The fourth-order valence-electron chi connectivity index (χ4n) is 2.31. The Kier molecular flexibility index (Phi) is 7.49. The van der Waals surface area contributed by atoms with E-state index >= 15 is 0 Å². The van der Waals surface area contributed by atoms with Crippen LogP contribution in [0.2, 0.25) is 0 Å². The van der Waals surface area contributed by atoms with Gasteiger partial charge in [-0.1, -0.05) is 24.3 Å². The van der Waals surface area contributed by atoms with Gasteiger partial charge in [-0.25, -0.2) is 4.79 Å². The minimum absolute atomic E-state index is 0.0750. The Balaban J connectivity index is 1.68. The highest BCUT2D eigenvalue weighted by Crippen LogP contribution is 2.26. The predicted molar refractivity (Wildman–Crippen MR) is 97.6 cm³/mol. The van der Waals surface area contributed by atoms with Crippen LogP contribution in [0.1, 0.15) is 35.7 Å². The number of aromatic carboxylic acids is 1. The molecule has 0 aliphatic carbocycles. The molecular weight excluding hydrogens is 334 g/mol. The first-order valence-corrected chi connectivity index (χ1v) is 8.53. The van der Waals surface area contributed by atoms with Gasteiger partial charge in [-0.3, -0.25) is 4.79 Å². The van der Waals surface area contributed by atoms with Crippen LogP contribution in [-0.4, -0.2) is 30.2 Å². The molecule has 138 valence electrons. The summed E-state index contributed by atoms with van der Waals surface area (Å²) in [6.45, 7) is 3.27. The molecule has 0 atom stereocenters. The van der Waals surface area contributed by atoms with Gasteiger partial charge in [0.1, 0.15) is 0 Å². The lowest BCUT2D eigenvalue weighted by Crippen LogP contribution is -2.23. The van der Waals surface area contributed by atoms with Gasteiger partial charge in [0.2, 0.25) is 5.91 Å². The standard InChI is InChI=1S/C20H23NO5/c1-2-25-17-6-3-4-7-18(17)26-13-5-8-19(22)21-14-15-9-11-16(12-10-15)20(23)24/h3-4,6-7,9-12H,2,5,8,13-14H2,1H3,(H,21,22)(H,23,24). The first-order valence-electron chi connectivity index (χ1n) is 8.53. The Labute approximate surface area is 152 Å². The molecule has 6 nitrogen and oxygen atoms in total. The second-order valence-corrected chi connectivity index (χ2v) is 5.61. The molecule has 0 aliphatic rings. The molecule has 0 aliphatic heterocycles. The van der Waals surface area contributed by atoms with E-state index in [4.69, 9.17) is 14.6 Å². The summed E-state index contributed by atoms with van der Waals surface area (Å²) in [5.41, 5.74) is 1.08. The summed E-state index contributed by atoms with van der Waals surface area (Å²) in [4.78, 5) is 22.7. The van der Waals surface area contributed by atoms with Crippen molar-refractivity contribution in [1.82, 2.24) is 5.32 Å². The minimum Gasteiger partial charge on any atom is -0.490 e. The Morgan fingerprint density at radius 3 is 2.27 bits per heavy atom. The van der Waals surface area contributed by atoms with Crippen molar-refractivity contribution in [2.75, 3.05) is 13.2 Å². The number of amides is 1. The maximum absolute atomic E-state index is 11.9. The van der Waals surface area contributed by atoms with Gasteiger partial charge < -0.3 is 19.9 Å². The van der Waals surface area contributed by atoms with Crippen LogP contribution >= 0.6 is 0 Å². The summed E-state index contributed by atoms with van der Waals surface area (Å²) in [6.07, 6.45) is 0.939. The number of carbonyl (C=O) groups is 2. The van der Waals surface area contributed by atoms with E-state index in [1.807, 2.05) is 31.2 Å². The third kappa shape index (κ3) is 6.12. The maximum Gasteiger partial charge on any atom is 0.335 e. The first-order chi connectivity index (χ1) is 12.6. The molecule has 2 N–H and O–H groups in total. The first kappa shape index (κ1) is 19.3. The van der Waals surface area contributed by atoms with E-state index in [1.165, 1.54) is 12.1 Å². The minimum atomic E-state index is -0.966. The molecule has 0 unspecified atom stereocenters. The Hall–Kier alpha value is -3.02. The summed E-state index contributed by atoms with van der Waals surface area (Å²) < 4.78 is 11.2. The number of benzene rings is 2. The Morgan fingerprint density at radius 1 is 1.00 bits per heavy atom. The molecule has 0 spiro atoms. The maximum atomic E-state index is 11.9. The molecule has 6 heteroatoms. The van der Waals surface area contributed by atoms with E-state index in [9.17, 15) is 9.59 Å². The van der Waals surface area contributed by atoms with Crippen LogP contribution in [0, 0.1) is 0 Å². The summed E-state index contributed by atoms with van der Waals surface area (Å²) in [7, 11) is 0. The highest BCUT2D eigenvalue weighted by Gasteiger charge is 2.06. The number of carboxylic acids is 1. The Morgan fingerprint density at radius 2 is 1.65 bits per heavy atom. The largest absolute Gasteiger partial charge is 0.490 e. The number of carboxylic acid groups (broad SMARTS) is 1. The van der Waals surface area contributed by atoms with Gasteiger partial charge in [0.25, 0.3) is 0 Å². The van der Waals surface area contributed by atoms with E-state index in [0.29, 0.717) is 44.1 Å². The second kappa shape index (κ2) is 10.1. The van der Waals surface area contributed by atoms with E-state index in [1.54, 1.807) is 12.1 Å². The van der Waals surface area contributed by atoms with Crippen LogP contribution in [0.3, 0.4) is 0 Å². The van der Waals surface area contributed by atoms with Gasteiger partial charge in [-0.2, -0.15) is 0 Å². The number of carbonyl (C=O) groups excluding carboxylic acids is 1. The topological polar surface area (TPSA) is 84.9 Å². The van der Waals surface area contributed by atoms with Crippen LogP contribution in [-0.2, 0) is 11.3 Å². The lowest BCUT2D eigenvalue weighted by atomic mass is 10.1. The predicted octanol–water partition coefficient (Wildman–Crippen LogP) is 3.26. The highest BCUT2D eigenvalue weighted by molar-refractivity contribution is 5.87. The summed E-state index contributed by atoms with van der Waals surface area (Å²) in [5.74, 6) is 0.332. The van der Waals surface area contributed by atoms with Crippen molar-refractivity contribution < 1.29 is 24.2 Å². The normalized spacial score (nSPS) is 10.2. The summed E-state index contributed by atoms with van der Waals surface area (Å²) in [5, 5.41) is 11.7. The summed E-state index contributed by atoms with van der Waals surface area (Å²) >= 11 is 0. The van der Waals surface area contributed by atoms with Crippen molar-refractivity contribution in [3.8, 4) is 11.5 Å². The Bertz CT molecular complexity index is 727. The van der Waals surface area contributed by atoms with Crippen molar-refractivity contribution in [1.29, 1.82) is 0 Å². The van der Waals surface area contributed by atoms with Gasteiger partial charge >= 0.3 is 5.97 Å². The third-order valence-electron chi connectivity index (χ3n) is 3.65. The molecular formula is C20H23NO5. The van der Waals surface area contributed by atoms with Crippen LogP contribution in [0.4, 0.5) is 0 Å². The average molecular weight is 357 g/mol. The van der Waals surface area contributed by atoms with Crippen LogP contribution in [0.25, 0.3) is 0 Å². The number of rotatable bonds is 10. The van der Waals surface area contributed by atoms with Crippen LogP contribution in [0.5, 0.6) is 11.5 Å². The number of nitrogens with one attached hydrogen (secondary N) is 1. The van der Waals surface area contributed by atoms with Crippen LogP contribution < -0.4 is 14.8 Å². The molecule has 2 rings (SSSR count). The van der Waals surface area contributed by atoms with Crippen molar-refractivity contribution in [2.45, 2.75) is 26.3 Å². The molecule has 0 bridgehead atoms. The highest BCUT2D eigenvalue weighted by atomic mass is 16.5. The lowest BCUT2D eigenvalue weighted by molar-refractivity contribution is -0.121. The van der Waals surface area contributed by atoms with E-state index in [0.717, 1.165) is 5.56 Å². The molecule has 0 saturated carbocycles. The van der Waals surface area contributed by atoms with Crippen molar-refractivity contribution in [2.24, 2.45) is 0 Å². The van der Waals surface area contributed by atoms with E-state index < -0.39 is 5.97 Å². The molecule has 26 heavy (non-hydrogen) atoms. The van der Waals surface area contributed by atoms with Crippen LogP contribution in [0.15, 0.2) is 48.5 Å². The third-order valence-corrected chi connectivity index (χ3v) is 3.65. The number of hydrogen-bond donors (Lipinski definition) is 2. The van der Waals surface area contributed by atoms with Gasteiger partial charge in [0, 0.05) is 13.0 Å². The molecule has 2 aromatic carbocycles. The molecule has 0 aromatic heterocycles. The zero-order chi connectivity index (χ0) is 18.8. The number of para-hydroxylation sites is 2. The van der Waals surface area contributed by atoms with Gasteiger partial charge in [-0.05, 0) is 43.2 Å².